The molecule has 1 aromatic heterocycles. The van der Waals surface area contributed by atoms with Crippen LogP contribution in [0.15, 0.2) is 42.7 Å². The van der Waals surface area contributed by atoms with Gasteiger partial charge in [0, 0.05) is 31.0 Å². The topological polar surface area (TPSA) is 36.4 Å². The fourth-order valence-corrected chi connectivity index (χ4v) is 3.39. The van der Waals surface area contributed by atoms with Crippen LogP contribution < -0.4 is 0 Å². The van der Waals surface area contributed by atoms with E-state index < -0.39 is 0 Å². The SMILES string of the molecule is CN(Cc1ccc(-c2ccncc2)cc1F)CC1CCCC1O. The average Bonchev–Trinajstić information content (AvgIpc) is 2.95. The minimum atomic E-state index is -0.198. The van der Waals surface area contributed by atoms with Crippen LogP contribution in [0.5, 0.6) is 0 Å². The van der Waals surface area contributed by atoms with Crippen LogP contribution in [-0.4, -0.2) is 34.7 Å². The third kappa shape index (κ3) is 3.95. The predicted octanol–water partition coefficient (Wildman–Crippen LogP) is 3.48. The van der Waals surface area contributed by atoms with Gasteiger partial charge in [-0.25, -0.2) is 4.39 Å². The molecular formula is C19H23FN2O. The molecule has 0 amide bonds. The standard InChI is InChI=1S/C19H23FN2O/c1-22(13-17-3-2-4-19(17)23)12-16-6-5-15(11-18(16)20)14-7-9-21-10-8-14/h5-11,17,19,23H,2-4,12-13H2,1H3. The van der Waals surface area contributed by atoms with Crippen LogP contribution in [0.3, 0.4) is 0 Å². The summed E-state index contributed by atoms with van der Waals surface area (Å²) in [6.45, 7) is 1.37. The molecule has 0 spiro atoms. The molecule has 1 fully saturated rings. The van der Waals surface area contributed by atoms with E-state index in [-0.39, 0.29) is 11.9 Å². The van der Waals surface area contributed by atoms with Crippen LogP contribution in [0.1, 0.15) is 24.8 Å². The van der Waals surface area contributed by atoms with Crippen molar-refractivity contribution in [1.29, 1.82) is 0 Å². The van der Waals surface area contributed by atoms with Gasteiger partial charge in [-0.2, -0.15) is 0 Å². The lowest BCUT2D eigenvalue weighted by Crippen LogP contribution is -2.29. The number of rotatable bonds is 5. The molecule has 0 radical (unpaired) electrons. The Labute approximate surface area is 136 Å². The van der Waals surface area contributed by atoms with Crippen LogP contribution in [0, 0.1) is 11.7 Å². The summed E-state index contributed by atoms with van der Waals surface area (Å²) < 4.78 is 14.4. The van der Waals surface area contributed by atoms with Crippen molar-refractivity contribution in [3.63, 3.8) is 0 Å². The van der Waals surface area contributed by atoms with Crippen molar-refractivity contribution in [2.24, 2.45) is 5.92 Å². The highest BCUT2D eigenvalue weighted by molar-refractivity contribution is 5.63. The van der Waals surface area contributed by atoms with Crippen molar-refractivity contribution in [3.05, 3.63) is 54.1 Å². The van der Waals surface area contributed by atoms with Crippen molar-refractivity contribution in [2.75, 3.05) is 13.6 Å². The molecule has 1 aromatic carbocycles. The van der Waals surface area contributed by atoms with Gasteiger partial charge in [0.05, 0.1) is 6.10 Å². The summed E-state index contributed by atoms with van der Waals surface area (Å²) in [4.78, 5) is 6.09. The summed E-state index contributed by atoms with van der Waals surface area (Å²) >= 11 is 0. The first kappa shape index (κ1) is 16.1. The Morgan fingerprint density at radius 2 is 1.96 bits per heavy atom. The number of benzene rings is 1. The number of nitrogens with zero attached hydrogens (tertiary/aromatic N) is 2. The lowest BCUT2D eigenvalue weighted by Gasteiger charge is -2.23. The van der Waals surface area contributed by atoms with E-state index in [4.69, 9.17) is 0 Å². The third-order valence-electron chi connectivity index (χ3n) is 4.67. The maximum Gasteiger partial charge on any atom is 0.128 e. The molecule has 4 heteroatoms. The number of pyridine rings is 1. The minimum absolute atomic E-state index is 0.182. The van der Waals surface area contributed by atoms with Crippen molar-refractivity contribution in [3.8, 4) is 11.1 Å². The molecule has 0 aliphatic heterocycles. The molecular weight excluding hydrogens is 291 g/mol. The Kier molecular flexibility index (Phi) is 5.03. The average molecular weight is 314 g/mol. The van der Waals surface area contributed by atoms with E-state index in [0.29, 0.717) is 18.0 Å². The Bertz CT molecular complexity index is 647. The van der Waals surface area contributed by atoms with E-state index in [2.05, 4.69) is 9.88 Å². The molecule has 1 saturated carbocycles. The van der Waals surface area contributed by atoms with Crippen molar-refractivity contribution in [1.82, 2.24) is 9.88 Å². The summed E-state index contributed by atoms with van der Waals surface area (Å²) in [5.41, 5.74) is 2.52. The zero-order chi connectivity index (χ0) is 16.2. The highest BCUT2D eigenvalue weighted by atomic mass is 19.1. The van der Waals surface area contributed by atoms with Gasteiger partial charge in [-0.3, -0.25) is 4.98 Å². The van der Waals surface area contributed by atoms with Crippen molar-refractivity contribution < 1.29 is 9.50 Å². The third-order valence-corrected chi connectivity index (χ3v) is 4.67. The molecule has 2 atom stereocenters. The Balaban J connectivity index is 1.66. The second-order valence-corrected chi connectivity index (χ2v) is 6.50. The van der Waals surface area contributed by atoms with E-state index >= 15 is 0 Å². The van der Waals surface area contributed by atoms with Crippen LogP contribution >= 0.6 is 0 Å². The number of halogens is 1. The number of aliphatic hydroxyl groups is 1. The number of hydrogen-bond donors (Lipinski definition) is 1. The summed E-state index contributed by atoms with van der Waals surface area (Å²) in [6, 6.07) is 9.14. The second-order valence-electron chi connectivity index (χ2n) is 6.50. The van der Waals surface area contributed by atoms with E-state index in [1.165, 1.54) is 0 Å². The monoisotopic (exact) mass is 314 g/mol. The van der Waals surface area contributed by atoms with E-state index in [1.807, 2.05) is 31.3 Å². The number of aromatic nitrogens is 1. The summed E-state index contributed by atoms with van der Waals surface area (Å²) in [5.74, 6) is 0.136. The molecule has 3 rings (SSSR count). The normalized spacial score (nSPS) is 21.0. The first-order valence-electron chi connectivity index (χ1n) is 8.19. The van der Waals surface area contributed by atoms with Crippen LogP contribution in [0.25, 0.3) is 11.1 Å². The first-order chi connectivity index (χ1) is 11.1. The van der Waals surface area contributed by atoms with Gasteiger partial charge in [0.2, 0.25) is 0 Å². The summed E-state index contributed by atoms with van der Waals surface area (Å²) in [6.07, 6.45) is 6.28. The van der Waals surface area contributed by atoms with Crippen LogP contribution in [-0.2, 0) is 6.54 Å². The molecule has 0 saturated heterocycles. The van der Waals surface area contributed by atoms with Gasteiger partial charge in [-0.05, 0) is 55.1 Å². The Morgan fingerprint density at radius 1 is 1.17 bits per heavy atom. The Hall–Kier alpha value is -1.78. The van der Waals surface area contributed by atoms with E-state index in [9.17, 15) is 9.50 Å². The highest BCUT2D eigenvalue weighted by Gasteiger charge is 2.26. The lowest BCUT2D eigenvalue weighted by molar-refractivity contribution is 0.107. The fraction of sp³-hybridized carbons (Fsp3) is 0.421. The lowest BCUT2D eigenvalue weighted by atomic mass is 10.0. The van der Waals surface area contributed by atoms with Gasteiger partial charge < -0.3 is 10.0 Å². The van der Waals surface area contributed by atoms with Crippen LogP contribution in [0.2, 0.25) is 0 Å². The van der Waals surface area contributed by atoms with Gasteiger partial charge in [-0.1, -0.05) is 18.6 Å². The zero-order valence-corrected chi connectivity index (χ0v) is 13.5. The highest BCUT2D eigenvalue weighted by Crippen LogP contribution is 2.27. The molecule has 1 N–H and O–H groups in total. The van der Waals surface area contributed by atoms with Crippen molar-refractivity contribution >= 4 is 0 Å². The summed E-state index contributed by atoms with van der Waals surface area (Å²) in [5, 5.41) is 9.92. The summed E-state index contributed by atoms with van der Waals surface area (Å²) in [7, 11) is 1.99. The van der Waals surface area contributed by atoms with E-state index in [0.717, 1.165) is 36.9 Å². The first-order valence-corrected chi connectivity index (χ1v) is 8.19. The van der Waals surface area contributed by atoms with Crippen molar-refractivity contribution in [2.45, 2.75) is 31.9 Å². The molecule has 1 aliphatic carbocycles. The second kappa shape index (κ2) is 7.20. The largest absolute Gasteiger partial charge is 0.393 e. The van der Waals surface area contributed by atoms with Gasteiger partial charge in [0.15, 0.2) is 0 Å². The molecule has 122 valence electrons. The maximum atomic E-state index is 14.4. The number of hydrogen-bond acceptors (Lipinski definition) is 3. The molecule has 2 aromatic rings. The molecule has 1 aliphatic rings. The molecule has 2 unspecified atom stereocenters. The van der Waals surface area contributed by atoms with Gasteiger partial charge in [0.1, 0.15) is 5.82 Å². The minimum Gasteiger partial charge on any atom is -0.393 e. The van der Waals surface area contributed by atoms with Gasteiger partial charge in [-0.15, -0.1) is 0 Å². The maximum absolute atomic E-state index is 14.4. The molecule has 1 heterocycles. The van der Waals surface area contributed by atoms with Crippen LogP contribution in [0.4, 0.5) is 4.39 Å². The zero-order valence-electron chi connectivity index (χ0n) is 13.5. The predicted molar refractivity (Wildman–Crippen MR) is 89.3 cm³/mol. The molecule has 3 nitrogen and oxygen atoms in total. The molecule has 0 bridgehead atoms. The smallest absolute Gasteiger partial charge is 0.128 e. The fourth-order valence-electron chi connectivity index (χ4n) is 3.39. The quantitative estimate of drug-likeness (QED) is 0.918. The van der Waals surface area contributed by atoms with Gasteiger partial charge >= 0.3 is 0 Å². The number of aliphatic hydroxyl groups excluding tert-OH is 1. The van der Waals surface area contributed by atoms with Gasteiger partial charge in [0.25, 0.3) is 0 Å². The molecule has 23 heavy (non-hydrogen) atoms. The van der Waals surface area contributed by atoms with E-state index in [1.54, 1.807) is 18.5 Å². The Morgan fingerprint density at radius 3 is 2.61 bits per heavy atom.